The molecule has 1 N–H and O–H groups in total. The second-order valence-electron chi connectivity index (χ2n) is 8.30. The van der Waals surface area contributed by atoms with Gasteiger partial charge in [0.15, 0.2) is 9.84 Å². The normalized spacial score (nSPS) is 19.0. The second-order valence-corrected chi connectivity index (χ2v) is 12.2. The zero-order chi connectivity index (χ0) is 23.9. The molecule has 9 nitrogen and oxygen atoms in total. The highest BCUT2D eigenvalue weighted by Gasteiger charge is 2.48. The van der Waals surface area contributed by atoms with Crippen LogP contribution in [0.25, 0.3) is 0 Å². The number of carbonyl (C=O) groups excluding carboxylic acids is 1. The van der Waals surface area contributed by atoms with Crippen LogP contribution in [0.15, 0.2) is 58.3 Å². The summed E-state index contributed by atoms with van der Waals surface area (Å²) in [6, 6.07) is 14.7. The van der Waals surface area contributed by atoms with Crippen molar-refractivity contribution in [1.82, 2.24) is 14.5 Å². The quantitative estimate of drug-likeness (QED) is 0.667. The highest BCUT2D eigenvalue weighted by atomic mass is 32.2. The molecule has 2 fully saturated rings. The van der Waals surface area contributed by atoms with Gasteiger partial charge in [0.25, 0.3) is 0 Å². The van der Waals surface area contributed by atoms with E-state index in [1.165, 1.54) is 28.6 Å². The molecule has 174 valence electrons. The molecule has 1 amide bonds. The average Bonchev–Trinajstić information content (AvgIpc) is 3.08. The Morgan fingerprint density at radius 3 is 2.33 bits per heavy atom. The number of rotatable bonds is 5. The van der Waals surface area contributed by atoms with E-state index < -0.39 is 25.5 Å². The largest absolute Gasteiger partial charge is 0.319 e. The van der Waals surface area contributed by atoms with Crippen LogP contribution in [0.3, 0.4) is 0 Å². The number of nitrogens with zero attached hydrogens (tertiary/aromatic N) is 3. The number of hydrogen-bond donors (Lipinski definition) is 1. The molecule has 2 aromatic rings. The van der Waals surface area contributed by atoms with Crippen molar-refractivity contribution in [2.75, 3.05) is 25.9 Å². The minimum atomic E-state index is -4.03. The molecule has 0 atom stereocenters. The van der Waals surface area contributed by atoms with Gasteiger partial charge in [-0.15, -0.1) is 0 Å². The fraction of sp³-hybridized carbons (Fsp3) is 0.364. The van der Waals surface area contributed by atoms with Gasteiger partial charge in [0.05, 0.1) is 28.7 Å². The van der Waals surface area contributed by atoms with Gasteiger partial charge in [-0.3, -0.25) is 10.1 Å². The SMILES string of the molecule is CS(=O)(=O)c1ccccc1S(=O)(=O)N1CCC2(CC1)NCC(=O)N2Cc1cccc(C#N)c1. The Morgan fingerprint density at radius 2 is 1.70 bits per heavy atom. The van der Waals surface area contributed by atoms with Crippen LogP contribution in [-0.4, -0.2) is 63.5 Å². The van der Waals surface area contributed by atoms with Crippen molar-refractivity contribution in [2.45, 2.75) is 34.8 Å². The van der Waals surface area contributed by atoms with E-state index in [0.29, 0.717) is 24.9 Å². The van der Waals surface area contributed by atoms with Crippen molar-refractivity contribution in [3.63, 3.8) is 0 Å². The van der Waals surface area contributed by atoms with E-state index in [9.17, 15) is 21.6 Å². The van der Waals surface area contributed by atoms with Crippen LogP contribution in [0.5, 0.6) is 0 Å². The Labute approximate surface area is 193 Å². The number of nitriles is 1. The maximum atomic E-state index is 13.3. The van der Waals surface area contributed by atoms with E-state index in [1.54, 1.807) is 23.1 Å². The zero-order valence-electron chi connectivity index (χ0n) is 18.1. The number of amides is 1. The van der Waals surface area contributed by atoms with Gasteiger partial charge in [-0.2, -0.15) is 9.57 Å². The molecule has 2 aromatic carbocycles. The fourth-order valence-corrected chi connectivity index (χ4v) is 7.53. The molecule has 2 saturated heterocycles. The Morgan fingerprint density at radius 1 is 1.03 bits per heavy atom. The highest BCUT2D eigenvalue weighted by Crippen LogP contribution is 2.34. The van der Waals surface area contributed by atoms with Crippen LogP contribution < -0.4 is 5.32 Å². The van der Waals surface area contributed by atoms with Gasteiger partial charge in [-0.1, -0.05) is 24.3 Å². The number of nitrogens with one attached hydrogen (secondary N) is 1. The predicted molar refractivity (Wildman–Crippen MR) is 120 cm³/mol. The lowest BCUT2D eigenvalue weighted by Gasteiger charge is -2.44. The molecule has 1 spiro atoms. The molecule has 0 saturated carbocycles. The standard InChI is InChI=1S/C22H24N4O5S2/c1-32(28,29)19-7-2-3-8-20(19)33(30,31)25-11-9-22(10-12-25)24-15-21(27)26(22)16-18-6-4-5-17(13-18)14-23/h2-8,13,24H,9-12,15-16H2,1H3. The first-order valence-electron chi connectivity index (χ1n) is 10.4. The number of sulfone groups is 1. The first-order chi connectivity index (χ1) is 15.6. The van der Waals surface area contributed by atoms with Crippen LogP contribution in [0.2, 0.25) is 0 Å². The molecule has 0 radical (unpaired) electrons. The molecule has 0 unspecified atom stereocenters. The summed E-state index contributed by atoms with van der Waals surface area (Å²) in [6.07, 6.45) is 1.70. The van der Waals surface area contributed by atoms with Crippen LogP contribution in [-0.2, 0) is 31.2 Å². The summed E-state index contributed by atoms with van der Waals surface area (Å²) in [6.45, 7) is 0.734. The third-order valence-electron chi connectivity index (χ3n) is 6.20. The number of hydrogen-bond acceptors (Lipinski definition) is 7. The zero-order valence-corrected chi connectivity index (χ0v) is 19.7. The Bertz CT molecular complexity index is 1340. The van der Waals surface area contributed by atoms with E-state index in [2.05, 4.69) is 11.4 Å². The molecule has 4 rings (SSSR count). The molecular formula is C22H24N4O5S2. The average molecular weight is 489 g/mol. The fourth-order valence-electron chi connectivity index (χ4n) is 4.48. The Hall–Kier alpha value is -2.78. The third-order valence-corrected chi connectivity index (χ3v) is 9.44. The Kier molecular flexibility index (Phi) is 6.05. The summed E-state index contributed by atoms with van der Waals surface area (Å²) < 4.78 is 52.1. The summed E-state index contributed by atoms with van der Waals surface area (Å²) in [4.78, 5) is 13.9. The van der Waals surface area contributed by atoms with E-state index in [4.69, 9.17) is 5.26 Å². The third kappa shape index (κ3) is 4.39. The van der Waals surface area contributed by atoms with E-state index in [1.807, 2.05) is 6.07 Å². The first-order valence-corrected chi connectivity index (χ1v) is 13.7. The summed E-state index contributed by atoms with van der Waals surface area (Å²) in [5.74, 6) is -0.0870. The van der Waals surface area contributed by atoms with E-state index >= 15 is 0 Å². The molecular weight excluding hydrogens is 464 g/mol. The van der Waals surface area contributed by atoms with Crippen molar-refractivity contribution in [1.29, 1.82) is 5.26 Å². The van der Waals surface area contributed by atoms with Gasteiger partial charge in [0.2, 0.25) is 15.9 Å². The number of sulfonamides is 1. The van der Waals surface area contributed by atoms with Gasteiger partial charge >= 0.3 is 0 Å². The van der Waals surface area contributed by atoms with Crippen LogP contribution >= 0.6 is 0 Å². The lowest BCUT2D eigenvalue weighted by molar-refractivity contribution is -0.132. The molecule has 0 bridgehead atoms. The molecule has 33 heavy (non-hydrogen) atoms. The monoisotopic (exact) mass is 488 g/mol. The van der Waals surface area contributed by atoms with Crippen LogP contribution in [0.1, 0.15) is 24.0 Å². The predicted octanol–water partition coefficient (Wildman–Crippen LogP) is 1.07. The molecule has 11 heteroatoms. The van der Waals surface area contributed by atoms with Gasteiger partial charge in [-0.05, 0) is 42.7 Å². The topological polar surface area (TPSA) is 128 Å². The number of piperidine rings is 1. The Balaban J connectivity index is 1.56. The first kappa shape index (κ1) is 23.4. The highest BCUT2D eigenvalue weighted by molar-refractivity contribution is 7.93. The van der Waals surface area contributed by atoms with Crippen molar-refractivity contribution >= 4 is 25.8 Å². The minimum absolute atomic E-state index is 0.0870. The maximum absolute atomic E-state index is 13.3. The number of carbonyl (C=O) groups is 1. The van der Waals surface area contributed by atoms with Crippen molar-refractivity contribution < 1.29 is 21.6 Å². The molecule has 0 aliphatic carbocycles. The minimum Gasteiger partial charge on any atom is -0.319 e. The van der Waals surface area contributed by atoms with Crippen molar-refractivity contribution in [3.8, 4) is 6.07 Å². The summed E-state index contributed by atoms with van der Waals surface area (Å²) >= 11 is 0. The lowest BCUT2D eigenvalue weighted by atomic mass is 9.96. The molecule has 0 aromatic heterocycles. The van der Waals surface area contributed by atoms with Crippen LogP contribution in [0.4, 0.5) is 0 Å². The van der Waals surface area contributed by atoms with E-state index in [-0.39, 0.29) is 35.3 Å². The second kappa shape index (κ2) is 8.53. The summed E-state index contributed by atoms with van der Waals surface area (Å²) in [5, 5.41) is 12.4. The summed E-state index contributed by atoms with van der Waals surface area (Å²) in [7, 11) is -7.76. The smallest absolute Gasteiger partial charge is 0.244 e. The molecule has 2 aliphatic heterocycles. The molecule has 2 heterocycles. The van der Waals surface area contributed by atoms with Crippen molar-refractivity contribution in [3.05, 3.63) is 59.7 Å². The number of benzene rings is 2. The van der Waals surface area contributed by atoms with Crippen LogP contribution in [0, 0.1) is 11.3 Å². The maximum Gasteiger partial charge on any atom is 0.244 e. The van der Waals surface area contributed by atoms with Crippen molar-refractivity contribution in [2.24, 2.45) is 0 Å². The van der Waals surface area contributed by atoms with Gasteiger partial charge < -0.3 is 4.90 Å². The van der Waals surface area contributed by atoms with Gasteiger partial charge in [-0.25, -0.2) is 16.8 Å². The van der Waals surface area contributed by atoms with Gasteiger partial charge in [0, 0.05) is 25.9 Å². The molecule has 2 aliphatic rings. The van der Waals surface area contributed by atoms with Gasteiger partial charge in [0.1, 0.15) is 4.90 Å². The lowest BCUT2D eigenvalue weighted by Crippen LogP contribution is -2.58. The van der Waals surface area contributed by atoms with E-state index in [0.717, 1.165) is 11.8 Å². The summed E-state index contributed by atoms with van der Waals surface area (Å²) in [5.41, 5.74) is 0.636.